The van der Waals surface area contributed by atoms with Crippen molar-refractivity contribution in [1.29, 1.82) is 5.26 Å². The second kappa shape index (κ2) is 4.61. The lowest BCUT2D eigenvalue weighted by molar-refractivity contribution is 0.364. The number of aromatic nitrogens is 1. The fourth-order valence-electron chi connectivity index (χ4n) is 1.77. The lowest BCUT2D eigenvalue weighted by Crippen LogP contribution is -2.15. The van der Waals surface area contributed by atoms with Crippen molar-refractivity contribution < 1.29 is 0 Å². The van der Waals surface area contributed by atoms with Gasteiger partial charge in [-0.05, 0) is 31.2 Å². The predicted octanol–water partition coefficient (Wildman–Crippen LogP) is 2.85. The molecular weight excluding hydrogens is 198 g/mol. The maximum Gasteiger partial charge on any atom is 0.122 e. The van der Waals surface area contributed by atoms with Crippen molar-refractivity contribution in [3.8, 4) is 6.07 Å². The minimum Gasteiger partial charge on any atom is -0.384 e. The van der Waals surface area contributed by atoms with Gasteiger partial charge in [0.2, 0.25) is 0 Å². The largest absolute Gasteiger partial charge is 0.384 e. The number of rotatable bonds is 3. The summed E-state index contributed by atoms with van der Waals surface area (Å²) in [6.45, 7) is 11.5. The fraction of sp³-hybridized carbons (Fsp3) is 0.615. The van der Waals surface area contributed by atoms with Crippen molar-refractivity contribution in [1.82, 2.24) is 4.57 Å². The summed E-state index contributed by atoms with van der Waals surface area (Å²) in [4.78, 5) is 0. The van der Waals surface area contributed by atoms with E-state index in [2.05, 4.69) is 31.4 Å². The van der Waals surface area contributed by atoms with Gasteiger partial charge in [0, 0.05) is 12.2 Å². The third kappa shape index (κ3) is 2.06. The Morgan fingerprint density at radius 1 is 1.31 bits per heavy atom. The Kier molecular flexibility index (Phi) is 3.64. The molecule has 1 rings (SSSR count). The highest BCUT2D eigenvalue weighted by atomic mass is 15.1. The number of nitrogen functional groups attached to an aromatic ring is 1. The van der Waals surface area contributed by atoms with Gasteiger partial charge in [0.05, 0.1) is 5.56 Å². The fourth-order valence-corrected chi connectivity index (χ4v) is 1.77. The van der Waals surface area contributed by atoms with Gasteiger partial charge in [-0.3, -0.25) is 0 Å². The molecule has 0 amide bonds. The molecule has 0 aromatic carbocycles. The van der Waals surface area contributed by atoms with E-state index in [1.54, 1.807) is 0 Å². The Hall–Kier alpha value is -1.43. The summed E-state index contributed by atoms with van der Waals surface area (Å²) in [7, 11) is 0. The van der Waals surface area contributed by atoms with Gasteiger partial charge in [-0.1, -0.05) is 20.8 Å². The molecule has 3 heteroatoms. The maximum atomic E-state index is 9.04. The van der Waals surface area contributed by atoms with Gasteiger partial charge >= 0.3 is 0 Å². The molecule has 0 aliphatic heterocycles. The van der Waals surface area contributed by atoms with E-state index in [1.165, 1.54) is 0 Å². The Morgan fingerprint density at radius 3 is 2.25 bits per heavy atom. The van der Waals surface area contributed by atoms with Crippen molar-refractivity contribution in [3.63, 3.8) is 0 Å². The molecule has 0 saturated heterocycles. The molecule has 0 fully saturated rings. The summed E-state index contributed by atoms with van der Waals surface area (Å²) in [5, 5.41) is 9.04. The molecule has 3 nitrogen and oxygen atoms in total. The number of hydrogen-bond donors (Lipinski definition) is 1. The molecule has 88 valence electrons. The maximum absolute atomic E-state index is 9.04. The van der Waals surface area contributed by atoms with Crippen LogP contribution in [-0.4, -0.2) is 4.57 Å². The second-order valence-electron chi connectivity index (χ2n) is 4.91. The quantitative estimate of drug-likeness (QED) is 0.849. The van der Waals surface area contributed by atoms with Crippen molar-refractivity contribution >= 4 is 5.82 Å². The highest BCUT2D eigenvalue weighted by Gasteiger charge is 2.17. The van der Waals surface area contributed by atoms with Crippen LogP contribution < -0.4 is 5.73 Å². The van der Waals surface area contributed by atoms with Crippen LogP contribution >= 0.6 is 0 Å². The molecule has 16 heavy (non-hydrogen) atoms. The Labute approximate surface area is 97.9 Å². The van der Waals surface area contributed by atoms with Gasteiger partial charge in [0.25, 0.3) is 0 Å². The predicted molar refractivity (Wildman–Crippen MR) is 67.0 cm³/mol. The third-order valence-corrected chi connectivity index (χ3v) is 3.59. The van der Waals surface area contributed by atoms with Crippen LogP contribution in [-0.2, 0) is 6.54 Å². The first kappa shape index (κ1) is 12.6. The van der Waals surface area contributed by atoms with Gasteiger partial charge in [-0.15, -0.1) is 0 Å². The van der Waals surface area contributed by atoms with Crippen LogP contribution in [0.5, 0.6) is 0 Å². The van der Waals surface area contributed by atoms with Crippen molar-refractivity contribution in [2.24, 2.45) is 11.8 Å². The monoisotopic (exact) mass is 219 g/mol. The molecule has 1 aromatic heterocycles. The summed E-state index contributed by atoms with van der Waals surface area (Å²) < 4.78 is 2.07. The molecule has 1 atom stereocenters. The summed E-state index contributed by atoms with van der Waals surface area (Å²) in [6.07, 6.45) is 0. The van der Waals surface area contributed by atoms with Gasteiger partial charge in [0.15, 0.2) is 0 Å². The molecule has 0 spiro atoms. The first-order valence-electron chi connectivity index (χ1n) is 5.75. The molecule has 1 heterocycles. The SMILES string of the molecule is Cc1c(C#N)c(N)n(CC(C)C(C)C)c1C. The molecule has 0 bridgehead atoms. The van der Waals surface area contributed by atoms with E-state index < -0.39 is 0 Å². The zero-order chi connectivity index (χ0) is 12.5. The van der Waals surface area contributed by atoms with E-state index >= 15 is 0 Å². The molecule has 1 aromatic rings. The minimum absolute atomic E-state index is 0.555. The molecule has 2 N–H and O–H groups in total. The van der Waals surface area contributed by atoms with E-state index in [0.29, 0.717) is 23.2 Å². The summed E-state index contributed by atoms with van der Waals surface area (Å²) >= 11 is 0. The van der Waals surface area contributed by atoms with E-state index in [-0.39, 0.29) is 0 Å². The third-order valence-electron chi connectivity index (χ3n) is 3.59. The smallest absolute Gasteiger partial charge is 0.122 e. The first-order valence-corrected chi connectivity index (χ1v) is 5.75. The zero-order valence-electron chi connectivity index (χ0n) is 10.8. The van der Waals surface area contributed by atoms with Crippen LogP contribution in [0.15, 0.2) is 0 Å². The Bertz CT molecular complexity index is 421. The van der Waals surface area contributed by atoms with E-state index in [4.69, 9.17) is 11.0 Å². The van der Waals surface area contributed by atoms with Crippen LogP contribution in [0.25, 0.3) is 0 Å². The topological polar surface area (TPSA) is 54.7 Å². The molecule has 0 aliphatic carbocycles. The number of nitriles is 1. The van der Waals surface area contributed by atoms with Gasteiger partial charge < -0.3 is 10.3 Å². The van der Waals surface area contributed by atoms with Crippen LogP contribution in [0.4, 0.5) is 5.82 Å². The van der Waals surface area contributed by atoms with E-state index in [9.17, 15) is 0 Å². The van der Waals surface area contributed by atoms with Crippen LogP contribution in [0.2, 0.25) is 0 Å². The lowest BCUT2D eigenvalue weighted by atomic mass is 9.98. The highest BCUT2D eigenvalue weighted by Crippen LogP contribution is 2.25. The Morgan fingerprint density at radius 2 is 1.88 bits per heavy atom. The van der Waals surface area contributed by atoms with E-state index in [0.717, 1.165) is 17.8 Å². The second-order valence-corrected chi connectivity index (χ2v) is 4.91. The van der Waals surface area contributed by atoms with Crippen LogP contribution in [0.3, 0.4) is 0 Å². The average Bonchev–Trinajstić information content (AvgIpc) is 2.42. The van der Waals surface area contributed by atoms with E-state index in [1.807, 2.05) is 13.8 Å². The minimum atomic E-state index is 0.555. The van der Waals surface area contributed by atoms with Crippen LogP contribution in [0.1, 0.15) is 37.6 Å². The van der Waals surface area contributed by atoms with Gasteiger partial charge in [0.1, 0.15) is 11.9 Å². The highest BCUT2D eigenvalue weighted by molar-refractivity contribution is 5.57. The van der Waals surface area contributed by atoms with Crippen LogP contribution in [0, 0.1) is 37.0 Å². The van der Waals surface area contributed by atoms with Crippen molar-refractivity contribution in [2.75, 3.05) is 5.73 Å². The van der Waals surface area contributed by atoms with Crippen molar-refractivity contribution in [3.05, 3.63) is 16.8 Å². The molecule has 0 radical (unpaired) electrons. The zero-order valence-corrected chi connectivity index (χ0v) is 10.8. The number of anilines is 1. The number of nitrogens with two attached hydrogens (primary N) is 1. The number of nitrogens with zero attached hydrogens (tertiary/aromatic N) is 2. The first-order chi connectivity index (χ1) is 7.40. The average molecular weight is 219 g/mol. The van der Waals surface area contributed by atoms with Crippen molar-refractivity contribution in [2.45, 2.75) is 41.2 Å². The number of hydrogen-bond acceptors (Lipinski definition) is 2. The Balaban J connectivity index is 3.12. The molecular formula is C13H21N3. The van der Waals surface area contributed by atoms with Gasteiger partial charge in [-0.2, -0.15) is 5.26 Å². The molecule has 0 aliphatic rings. The summed E-state index contributed by atoms with van der Waals surface area (Å²) in [5.74, 6) is 1.79. The lowest BCUT2D eigenvalue weighted by Gasteiger charge is -2.18. The normalized spacial score (nSPS) is 12.8. The molecule has 1 unspecified atom stereocenters. The standard InChI is InChI=1S/C13H21N3/c1-8(2)9(3)7-16-11(5)10(4)12(6-14)13(16)15/h8-9H,7,15H2,1-5H3. The summed E-state index contributed by atoms with van der Waals surface area (Å²) in [5.41, 5.74) is 8.76. The molecule has 0 saturated carbocycles. The van der Waals surface area contributed by atoms with Gasteiger partial charge in [-0.25, -0.2) is 0 Å². The summed E-state index contributed by atoms with van der Waals surface area (Å²) in [6, 6.07) is 2.18.